The Hall–Kier alpha value is -3.93. The molecular formula is C22H16N4O2. The molecule has 6 nitrogen and oxygen atoms in total. The summed E-state index contributed by atoms with van der Waals surface area (Å²) in [5.74, 6) is 0.741. The highest BCUT2D eigenvalue weighted by Crippen LogP contribution is 2.31. The summed E-state index contributed by atoms with van der Waals surface area (Å²) in [7, 11) is 0. The van der Waals surface area contributed by atoms with Crippen molar-refractivity contribution < 1.29 is 4.42 Å². The standard InChI is InChI=1S/C22H16N4O2/c27-19-7-10-28-20-11-14(4-5-17(19)20)18-12-21(26-22-16(18)6-9-24-22)25-13-15-3-1-2-8-23-15/h1-12H,13H2,(H2,24,25,26). The third kappa shape index (κ3) is 2.91. The van der Waals surface area contributed by atoms with Crippen LogP contribution in [0.15, 0.2) is 82.5 Å². The van der Waals surface area contributed by atoms with Crippen molar-refractivity contribution in [2.24, 2.45) is 0 Å². The van der Waals surface area contributed by atoms with Gasteiger partial charge in [-0.3, -0.25) is 9.78 Å². The van der Waals surface area contributed by atoms with Crippen molar-refractivity contribution in [3.05, 3.63) is 89.2 Å². The van der Waals surface area contributed by atoms with Gasteiger partial charge < -0.3 is 14.7 Å². The van der Waals surface area contributed by atoms with E-state index in [9.17, 15) is 4.79 Å². The second kappa shape index (κ2) is 6.66. The number of benzene rings is 1. The molecule has 4 heterocycles. The molecule has 0 aliphatic carbocycles. The molecule has 2 N–H and O–H groups in total. The van der Waals surface area contributed by atoms with Crippen LogP contribution in [0.4, 0.5) is 5.82 Å². The minimum absolute atomic E-state index is 0.0490. The van der Waals surface area contributed by atoms with Gasteiger partial charge in [-0.1, -0.05) is 12.1 Å². The van der Waals surface area contributed by atoms with Crippen molar-refractivity contribution >= 4 is 27.8 Å². The lowest BCUT2D eigenvalue weighted by molar-refractivity contribution is 0.603. The number of rotatable bonds is 4. The minimum atomic E-state index is -0.0490. The largest absolute Gasteiger partial charge is 0.464 e. The van der Waals surface area contributed by atoms with Gasteiger partial charge in [-0.2, -0.15) is 0 Å². The number of aromatic amines is 1. The zero-order chi connectivity index (χ0) is 18.9. The Morgan fingerprint density at radius 3 is 2.89 bits per heavy atom. The van der Waals surface area contributed by atoms with E-state index in [4.69, 9.17) is 4.42 Å². The summed E-state index contributed by atoms with van der Waals surface area (Å²) in [6.07, 6.45) is 5.06. The lowest BCUT2D eigenvalue weighted by Crippen LogP contribution is -2.03. The van der Waals surface area contributed by atoms with Crippen molar-refractivity contribution in [2.75, 3.05) is 5.32 Å². The van der Waals surface area contributed by atoms with E-state index in [0.717, 1.165) is 33.7 Å². The summed E-state index contributed by atoms with van der Waals surface area (Å²) < 4.78 is 5.54. The van der Waals surface area contributed by atoms with Gasteiger partial charge in [-0.25, -0.2) is 4.98 Å². The van der Waals surface area contributed by atoms with Crippen LogP contribution in [0.25, 0.3) is 33.1 Å². The van der Waals surface area contributed by atoms with E-state index < -0.39 is 0 Å². The highest BCUT2D eigenvalue weighted by molar-refractivity contribution is 5.96. The van der Waals surface area contributed by atoms with Gasteiger partial charge in [-0.05, 0) is 47.5 Å². The van der Waals surface area contributed by atoms with Gasteiger partial charge in [0.15, 0.2) is 5.43 Å². The normalized spacial score (nSPS) is 11.1. The molecule has 0 fully saturated rings. The van der Waals surface area contributed by atoms with Crippen LogP contribution in [-0.4, -0.2) is 15.0 Å². The molecule has 0 saturated carbocycles. The van der Waals surface area contributed by atoms with Gasteiger partial charge >= 0.3 is 0 Å². The fourth-order valence-corrected chi connectivity index (χ4v) is 3.30. The number of nitrogens with zero attached hydrogens (tertiary/aromatic N) is 2. The first kappa shape index (κ1) is 16.3. The van der Waals surface area contributed by atoms with Crippen LogP contribution in [-0.2, 0) is 6.54 Å². The van der Waals surface area contributed by atoms with Gasteiger partial charge in [-0.15, -0.1) is 0 Å². The first-order valence-electron chi connectivity index (χ1n) is 8.92. The maximum atomic E-state index is 12.0. The molecule has 0 aliphatic rings. The van der Waals surface area contributed by atoms with Crippen LogP contribution in [0, 0.1) is 0 Å². The number of hydrogen-bond donors (Lipinski definition) is 2. The molecule has 6 heteroatoms. The molecule has 0 spiro atoms. The Kier molecular flexibility index (Phi) is 3.87. The molecule has 5 aromatic rings. The Labute approximate surface area is 159 Å². The number of nitrogens with one attached hydrogen (secondary N) is 2. The molecule has 4 aromatic heterocycles. The smallest absolute Gasteiger partial charge is 0.192 e. The fraction of sp³-hybridized carbons (Fsp3) is 0.0455. The van der Waals surface area contributed by atoms with Gasteiger partial charge in [0, 0.05) is 23.8 Å². The zero-order valence-electron chi connectivity index (χ0n) is 14.8. The predicted octanol–water partition coefficient (Wildman–Crippen LogP) is 4.34. The Balaban J connectivity index is 1.58. The van der Waals surface area contributed by atoms with Gasteiger partial charge in [0.1, 0.15) is 17.0 Å². The van der Waals surface area contributed by atoms with Crippen LogP contribution >= 0.6 is 0 Å². The molecule has 5 rings (SSSR count). The number of anilines is 1. The SMILES string of the molecule is O=c1ccoc2cc(-c3cc(NCc4ccccn4)nc4[nH]ccc34)ccc12. The Bertz CT molecular complexity index is 1340. The third-order valence-electron chi connectivity index (χ3n) is 4.68. The zero-order valence-corrected chi connectivity index (χ0v) is 14.8. The second-order valence-electron chi connectivity index (χ2n) is 6.47. The van der Waals surface area contributed by atoms with Gasteiger partial charge in [0.05, 0.1) is 23.9 Å². The van der Waals surface area contributed by atoms with Crippen molar-refractivity contribution in [1.29, 1.82) is 0 Å². The summed E-state index contributed by atoms with van der Waals surface area (Å²) in [6, 6.07) is 16.9. The quantitative estimate of drug-likeness (QED) is 0.493. The molecule has 0 bridgehead atoms. The fourth-order valence-electron chi connectivity index (χ4n) is 3.30. The third-order valence-corrected chi connectivity index (χ3v) is 4.68. The molecule has 0 saturated heterocycles. The summed E-state index contributed by atoms with van der Waals surface area (Å²) in [5.41, 5.74) is 4.19. The number of hydrogen-bond acceptors (Lipinski definition) is 5. The van der Waals surface area contributed by atoms with E-state index >= 15 is 0 Å². The minimum Gasteiger partial charge on any atom is -0.464 e. The lowest BCUT2D eigenvalue weighted by Gasteiger charge is -2.10. The molecule has 1 aromatic carbocycles. The summed E-state index contributed by atoms with van der Waals surface area (Å²) in [4.78, 5) is 24.1. The van der Waals surface area contributed by atoms with Crippen LogP contribution in [0.1, 0.15) is 5.69 Å². The first-order chi connectivity index (χ1) is 13.8. The maximum absolute atomic E-state index is 12.0. The van der Waals surface area contributed by atoms with Crippen LogP contribution in [0.3, 0.4) is 0 Å². The number of aromatic nitrogens is 3. The molecule has 0 atom stereocenters. The average molecular weight is 368 g/mol. The summed E-state index contributed by atoms with van der Waals surface area (Å²) in [5, 5.41) is 4.90. The van der Waals surface area contributed by atoms with Crippen LogP contribution < -0.4 is 10.7 Å². The van der Waals surface area contributed by atoms with Crippen molar-refractivity contribution in [3.8, 4) is 11.1 Å². The molecular weight excluding hydrogens is 352 g/mol. The van der Waals surface area contributed by atoms with Crippen LogP contribution in [0.5, 0.6) is 0 Å². The highest BCUT2D eigenvalue weighted by atomic mass is 16.3. The maximum Gasteiger partial charge on any atom is 0.192 e. The molecule has 0 unspecified atom stereocenters. The Morgan fingerprint density at radius 1 is 1.04 bits per heavy atom. The lowest BCUT2D eigenvalue weighted by atomic mass is 10.0. The van der Waals surface area contributed by atoms with E-state index in [1.165, 1.54) is 12.3 Å². The first-order valence-corrected chi connectivity index (χ1v) is 8.92. The van der Waals surface area contributed by atoms with E-state index in [2.05, 4.69) is 20.3 Å². The van der Waals surface area contributed by atoms with Crippen molar-refractivity contribution in [2.45, 2.75) is 6.54 Å². The van der Waals surface area contributed by atoms with Crippen LogP contribution in [0.2, 0.25) is 0 Å². The summed E-state index contributed by atoms with van der Waals surface area (Å²) >= 11 is 0. The van der Waals surface area contributed by atoms with E-state index in [0.29, 0.717) is 17.5 Å². The Morgan fingerprint density at radius 2 is 2.00 bits per heavy atom. The monoisotopic (exact) mass is 368 g/mol. The molecule has 0 aliphatic heterocycles. The number of pyridine rings is 2. The predicted molar refractivity (Wildman–Crippen MR) is 109 cm³/mol. The molecule has 136 valence electrons. The van der Waals surface area contributed by atoms with E-state index in [1.807, 2.05) is 48.7 Å². The van der Waals surface area contributed by atoms with Crippen molar-refractivity contribution in [3.63, 3.8) is 0 Å². The van der Waals surface area contributed by atoms with Gasteiger partial charge in [0.2, 0.25) is 0 Å². The molecule has 0 radical (unpaired) electrons. The number of H-pyrrole nitrogens is 1. The number of fused-ring (bicyclic) bond motifs is 2. The van der Waals surface area contributed by atoms with E-state index in [-0.39, 0.29) is 5.43 Å². The average Bonchev–Trinajstić information content (AvgIpc) is 3.21. The topological polar surface area (TPSA) is 83.8 Å². The van der Waals surface area contributed by atoms with Crippen molar-refractivity contribution in [1.82, 2.24) is 15.0 Å². The van der Waals surface area contributed by atoms with Gasteiger partial charge in [0.25, 0.3) is 0 Å². The highest BCUT2D eigenvalue weighted by Gasteiger charge is 2.11. The van der Waals surface area contributed by atoms with E-state index in [1.54, 1.807) is 12.3 Å². The summed E-state index contributed by atoms with van der Waals surface area (Å²) in [6.45, 7) is 0.575. The molecule has 0 amide bonds. The molecule has 28 heavy (non-hydrogen) atoms. The second-order valence-corrected chi connectivity index (χ2v) is 6.47.